The molecule has 34 heavy (non-hydrogen) atoms. The average molecular weight is 545 g/mol. The molecule has 4 N–H and O–H groups in total. The molecule has 1 atom stereocenters. The number of H-pyrrole nitrogens is 1. The van der Waals surface area contributed by atoms with E-state index in [1.165, 1.54) is 0 Å². The van der Waals surface area contributed by atoms with Crippen LogP contribution in [-0.4, -0.2) is 68.9 Å². The predicted octanol–water partition coefficient (Wildman–Crippen LogP) is 4.19. The lowest BCUT2D eigenvalue weighted by Crippen LogP contribution is -2.21. The first-order chi connectivity index (χ1) is 15.6. The number of aromatic nitrogens is 2. The van der Waals surface area contributed by atoms with E-state index in [-0.39, 0.29) is 12.7 Å². The second-order valence-corrected chi connectivity index (χ2v) is 7.08. The van der Waals surface area contributed by atoms with Gasteiger partial charge in [-0.1, -0.05) is 23.2 Å². The fraction of sp³-hybridized carbons (Fsp3) is 0.471. The standard InChI is InChI=1S/C13H14Cl2N2O3.2C2HF3O2/c14-8-4-9-12(17-10(5-18)16-9)13(11(8)15)20-6-7-2-1-3-19-7;2*3-2(4,5)1(6)7/h4,7,18H,1-3,5-6H2,(H,16,17);2*(H,6,7). The number of aromatic amines is 1. The summed E-state index contributed by atoms with van der Waals surface area (Å²) in [7, 11) is 0. The zero-order valence-corrected chi connectivity index (χ0v) is 18.1. The molecule has 0 bridgehead atoms. The van der Waals surface area contributed by atoms with Crippen LogP contribution in [0.4, 0.5) is 26.3 Å². The third-order valence-corrected chi connectivity index (χ3v) is 4.52. The number of aliphatic carboxylic acids is 2. The summed E-state index contributed by atoms with van der Waals surface area (Å²) in [5.41, 5.74) is 1.26. The quantitative estimate of drug-likeness (QED) is 0.420. The van der Waals surface area contributed by atoms with E-state index in [4.69, 9.17) is 57.6 Å². The number of hydrogen-bond donors (Lipinski definition) is 4. The molecule has 1 unspecified atom stereocenters. The molecule has 0 amide bonds. The first-order valence-electron chi connectivity index (χ1n) is 8.90. The average Bonchev–Trinajstić information content (AvgIpc) is 3.37. The van der Waals surface area contributed by atoms with Crippen LogP contribution in [0.2, 0.25) is 10.0 Å². The molecule has 0 radical (unpaired) electrons. The molecule has 0 saturated carbocycles. The third-order valence-electron chi connectivity index (χ3n) is 3.75. The molecule has 1 aromatic carbocycles. The molecule has 1 saturated heterocycles. The zero-order chi connectivity index (χ0) is 26.3. The van der Waals surface area contributed by atoms with Crippen LogP contribution in [0.5, 0.6) is 5.75 Å². The molecular weight excluding hydrogens is 529 g/mol. The van der Waals surface area contributed by atoms with Crippen LogP contribution in [0, 0.1) is 0 Å². The maximum absolute atomic E-state index is 10.6. The number of carboxylic acid groups (broad SMARTS) is 2. The van der Waals surface area contributed by atoms with Crippen molar-refractivity contribution in [2.45, 2.75) is 37.9 Å². The number of rotatable bonds is 4. The number of aliphatic hydroxyl groups is 1. The highest BCUT2D eigenvalue weighted by Gasteiger charge is 2.38. The van der Waals surface area contributed by atoms with Crippen molar-refractivity contribution in [3.05, 3.63) is 21.9 Å². The Morgan fingerprint density at radius 1 is 1.15 bits per heavy atom. The molecular formula is C17H16Cl2F6N2O7. The smallest absolute Gasteiger partial charge is 0.487 e. The van der Waals surface area contributed by atoms with Crippen molar-refractivity contribution < 1.29 is 60.7 Å². The number of imidazole rings is 1. The topological polar surface area (TPSA) is 142 Å². The van der Waals surface area contributed by atoms with E-state index >= 15 is 0 Å². The summed E-state index contributed by atoms with van der Waals surface area (Å²) in [6.45, 7) is 0.995. The Kier molecular flexibility index (Phi) is 10.7. The zero-order valence-electron chi connectivity index (χ0n) is 16.6. The maximum atomic E-state index is 10.6. The lowest BCUT2D eigenvalue weighted by Gasteiger charge is -2.13. The third kappa shape index (κ3) is 9.04. The number of alkyl halides is 6. The SMILES string of the molecule is O=C(O)C(F)(F)F.O=C(O)C(F)(F)F.OCc1nc2c(OCC3CCCO3)c(Cl)c(Cl)cc2[nH]1. The first kappa shape index (κ1) is 29.5. The van der Waals surface area contributed by atoms with Crippen molar-refractivity contribution in [2.24, 2.45) is 0 Å². The molecule has 0 spiro atoms. The summed E-state index contributed by atoms with van der Waals surface area (Å²) in [4.78, 5) is 25.0. The van der Waals surface area contributed by atoms with Crippen LogP contribution < -0.4 is 4.74 Å². The highest BCUT2D eigenvalue weighted by molar-refractivity contribution is 6.44. The number of halogens is 8. The number of carbonyl (C=O) groups is 2. The summed E-state index contributed by atoms with van der Waals surface area (Å²) < 4.78 is 74.8. The summed E-state index contributed by atoms with van der Waals surface area (Å²) >= 11 is 12.3. The van der Waals surface area contributed by atoms with Gasteiger partial charge in [0, 0.05) is 6.61 Å². The second kappa shape index (κ2) is 12.3. The fourth-order valence-corrected chi connectivity index (χ4v) is 2.67. The van der Waals surface area contributed by atoms with Crippen molar-refractivity contribution in [3.8, 4) is 5.75 Å². The number of ether oxygens (including phenoxy) is 2. The van der Waals surface area contributed by atoms with Gasteiger partial charge in [0.25, 0.3) is 0 Å². The van der Waals surface area contributed by atoms with Crippen LogP contribution in [0.3, 0.4) is 0 Å². The van der Waals surface area contributed by atoms with E-state index in [2.05, 4.69) is 9.97 Å². The fourth-order valence-electron chi connectivity index (χ4n) is 2.28. The van der Waals surface area contributed by atoms with Crippen molar-refractivity contribution >= 4 is 46.2 Å². The highest BCUT2D eigenvalue weighted by atomic mass is 35.5. The van der Waals surface area contributed by atoms with Gasteiger partial charge in [-0.3, -0.25) is 0 Å². The molecule has 1 fully saturated rings. The Labute approximate surface area is 196 Å². The Morgan fingerprint density at radius 2 is 1.68 bits per heavy atom. The van der Waals surface area contributed by atoms with E-state index in [1.54, 1.807) is 6.07 Å². The van der Waals surface area contributed by atoms with E-state index in [9.17, 15) is 26.3 Å². The molecule has 2 aromatic rings. The molecule has 1 aromatic heterocycles. The van der Waals surface area contributed by atoms with Crippen molar-refractivity contribution in [1.29, 1.82) is 0 Å². The number of nitrogens with one attached hydrogen (secondary N) is 1. The Balaban J connectivity index is 0.000000343. The lowest BCUT2D eigenvalue weighted by atomic mass is 10.2. The molecule has 9 nitrogen and oxygen atoms in total. The van der Waals surface area contributed by atoms with Gasteiger partial charge in [-0.2, -0.15) is 26.3 Å². The Hall–Kier alpha value is -2.49. The maximum Gasteiger partial charge on any atom is 0.490 e. The lowest BCUT2D eigenvalue weighted by molar-refractivity contribution is -0.193. The largest absolute Gasteiger partial charge is 0.490 e. The van der Waals surface area contributed by atoms with Crippen LogP contribution >= 0.6 is 23.2 Å². The van der Waals surface area contributed by atoms with Gasteiger partial charge in [0.05, 0.1) is 16.6 Å². The molecule has 2 heterocycles. The Morgan fingerprint density at radius 3 is 2.09 bits per heavy atom. The molecule has 1 aliphatic heterocycles. The van der Waals surface area contributed by atoms with Gasteiger partial charge in [0.2, 0.25) is 0 Å². The van der Waals surface area contributed by atoms with Gasteiger partial charge < -0.3 is 29.8 Å². The van der Waals surface area contributed by atoms with E-state index in [1.807, 2.05) is 0 Å². The highest BCUT2D eigenvalue weighted by Crippen LogP contribution is 2.38. The minimum atomic E-state index is -5.08. The number of fused-ring (bicyclic) bond motifs is 1. The van der Waals surface area contributed by atoms with Crippen LogP contribution in [0.25, 0.3) is 11.0 Å². The van der Waals surface area contributed by atoms with Crippen LogP contribution in [0.1, 0.15) is 18.7 Å². The second-order valence-electron chi connectivity index (χ2n) is 6.29. The van der Waals surface area contributed by atoms with Gasteiger partial charge in [0.15, 0.2) is 5.75 Å². The van der Waals surface area contributed by atoms with Crippen molar-refractivity contribution in [1.82, 2.24) is 9.97 Å². The number of hydrogen-bond acceptors (Lipinski definition) is 6. The van der Waals surface area contributed by atoms with Crippen molar-refractivity contribution in [2.75, 3.05) is 13.2 Å². The van der Waals surface area contributed by atoms with Crippen LogP contribution in [0.15, 0.2) is 6.07 Å². The van der Waals surface area contributed by atoms with Gasteiger partial charge in [0.1, 0.15) is 29.6 Å². The van der Waals surface area contributed by atoms with Gasteiger partial charge in [-0.05, 0) is 18.9 Å². The summed E-state index contributed by atoms with van der Waals surface area (Å²) in [6.07, 6.45) is -8.07. The Bertz CT molecular complexity index is 967. The molecule has 192 valence electrons. The van der Waals surface area contributed by atoms with E-state index < -0.39 is 24.3 Å². The number of nitrogens with zero attached hydrogens (tertiary/aromatic N) is 1. The van der Waals surface area contributed by atoms with Gasteiger partial charge >= 0.3 is 24.3 Å². The summed E-state index contributed by atoms with van der Waals surface area (Å²) in [5.74, 6) is -4.64. The monoisotopic (exact) mass is 544 g/mol. The van der Waals surface area contributed by atoms with Crippen molar-refractivity contribution in [3.63, 3.8) is 0 Å². The molecule has 17 heteroatoms. The minimum absolute atomic E-state index is 0.0800. The van der Waals surface area contributed by atoms with E-state index in [0.29, 0.717) is 39.3 Å². The van der Waals surface area contributed by atoms with E-state index in [0.717, 1.165) is 19.4 Å². The van der Waals surface area contributed by atoms with Crippen LogP contribution in [-0.2, 0) is 20.9 Å². The number of carboxylic acids is 2. The number of aliphatic hydroxyl groups excluding tert-OH is 1. The summed E-state index contributed by atoms with van der Waals surface area (Å²) in [6, 6.07) is 1.67. The normalized spacial score (nSPS) is 15.7. The molecule has 1 aliphatic rings. The van der Waals surface area contributed by atoms with Gasteiger partial charge in [-0.25, -0.2) is 14.6 Å². The number of benzene rings is 1. The first-order valence-corrected chi connectivity index (χ1v) is 9.65. The van der Waals surface area contributed by atoms with Gasteiger partial charge in [-0.15, -0.1) is 0 Å². The predicted molar refractivity (Wildman–Crippen MR) is 104 cm³/mol. The molecule has 0 aliphatic carbocycles. The minimum Gasteiger partial charge on any atom is -0.487 e. The molecule has 3 rings (SSSR count). The summed E-state index contributed by atoms with van der Waals surface area (Å²) in [5, 5.41) is 24.1.